The molecule has 2 heteroatoms. The van der Waals surface area contributed by atoms with E-state index >= 15 is 0 Å². The van der Waals surface area contributed by atoms with Crippen molar-refractivity contribution in [3.63, 3.8) is 0 Å². The lowest BCUT2D eigenvalue weighted by Crippen LogP contribution is -2.22. The summed E-state index contributed by atoms with van der Waals surface area (Å²) in [5.41, 5.74) is 4.90. The van der Waals surface area contributed by atoms with E-state index in [0.717, 1.165) is 17.9 Å². The molecule has 1 aliphatic rings. The highest BCUT2D eigenvalue weighted by atomic mass is 15.2. The van der Waals surface area contributed by atoms with Crippen molar-refractivity contribution in [2.45, 2.75) is 84.5 Å². The van der Waals surface area contributed by atoms with Gasteiger partial charge in [0.1, 0.15) is 0 Å². The molecule has 0 amide bonds. The van der Waals surface area contributed by atoms with Crippen LogP contribution in [-0.2, 0) is 6.42 Å². The fraction of sp³-hybridized carbons (Fsp3) is 0.517. The molecule has 0 atom stereocenters. The van der Waals surface area contributed by atoms with Crippen LogP contribution in [0.5, 0.6) is 0 Å². The molecule has 2 aromatic carbocycles. The molecule has 31 heavy (non-hydrogen) atoms. The number of hydrogen-bond donors (Lipinski definition) is 0. The van der Waals surface area contributed by atoms with Crippen LogP contribution in [0.4, 0.5) is 0 Å². The minimum atomic E-state index is 0.526. The van der Waals surface area contributed by atoms with Gasteiger partial charge in [-0.05, 0) is 54.7 Å². The summed E-state index contributed by atoms with van der Waals surface area (Å²) in [6, 6.07) is 19.4. The van der Waals surface area contributed by atoms with E-state index in [4.69, 9.17) is 5.10 Å². The average molecular weight is 417 g/mol. The molecule has 2 nitrogen and oxygen atoms in total. The van der Waals surface area contributed by atoms with E-state index in [-0.39, 0.29) is 0 Å². The average Bonchev–Trinajstić information content (AvgIpc) is 2.82. The van der Waals surface area contributed by atoms with Crippen LogP contribution in [0.1, 0.15) is 94.7 Å². The lowest BCUT2D eigenvalue weighted by atomic mass is 9.76. The second-order valence-electron chi connectivity index (χ2n) is 9.15. The standard InChI is InChI=1S/C29H40N2/c1-3-5-6-8-12-25-19-21-28(22-20-25)29(27-13-9-7-10-14-27)31-30-23-26-17-15-24(11-4-2)16-18-26/h7,9-10,13-18,23,25,28H,3-6,8,11-12,19-22H2,1-2H3. The Labute approximate surface area is 189 Å². The Kier molecular flexibility index (Phi) is 10.0. The van der Waals surface area contributed by atoms with Crippen LogP contribution in [0.2, 0.25) is 0 Å². The molecule has 0 heterocycles. The molecule has 2 aromatic rings. The zero-order valence-electron chi connectivity index (χ0n) is 19.6. The highest BCUT2D eigenvalue weighted by Crippen LogP contribution is 2.34. The van der Waals surface area contributed by atoms with Gasteiger partial charge in [0.15, 0.2) is 0 Å². The number of benzene rings is 2. The maximum atomic E-state index is 4.77. The molecule has 0 radical (unpaired) electrons. The van der Waals surface area contributed by atoms with Crippen molar-refractivity contribution in [1.82, 2.24) is 0 Å². The van der Waals surface area contributed by atoms with E-state index < -0.39 is 0 Å². The largest absolute Gasteiger partial charge is 0.158 e. The quantitative estimate of drug-likeness (QED) is 0.200. The normalized spacial score (nSPS) is 19.7. The first kappa shape index (κ1) is 23.4. The first-order valence-electron chi connectivity index (χ1n) is 12.6. The van der Waals surface area contributed by atoms with Crippen LogP contribution in [0.15, 0.2) is 64.8 Å². The van der Waals surface area contributed by atoms with Gasteiger partial charge in [0.25, 0.3) is 0 Å². The molecule has 1 aliphatic carbocycles. The van der Waals surface area contributed by atoms with Crippen LogP contribution in [0.25, 0.3) is 0 Å². The van der Waals surface area contributed by atoms with Crippen molar-refractivity contribution in [3.8, 4) is 0 Å². The third-order valence-electron chi connectivity index (χ3n) is 6.66. The van der Waals surface area contributed by atoms with Gasteiger partial charge in [0.2, 0.25) is 0 Å². The highest BCUT2D eigenvalue weighted by molar-refractivity contribution is 6.02. The van der Waals surface area contributed by atoms with Gasteiger partial charge in [-0.1, -0.05) is 107 Å². The van der Waals surface area contributed by atoms with E-state index in [1.807, 2.05) is 6.21 Å². The highest BCUT2D eigenvalue weighted by Gasteiger charge is 2.25. The van der Waals surface area contributed by atoms with Gasteiger partial charge in [-0.2, -0.15) is 10.2 Å². The molecular formula is C29H40N2. The molecule has 0 bridgehead atoms. The summed E-state index contributed by atoms with van der Waals surface area (Å²) >= 11 is 0. The van der Waals surface area contributed by atoms with Gasteiger partial charge in [-0.25, -0.2) is 0 Å². The van der Waals surface area contributed by atoms with Crippen molar-refractivity contribution in [1.29, 1.82) is 0 Å². The molecule has 0 spiro atoms. The van der Waals surface area contributed by atoms with Gasteiger partial charge in [0.05, 0.1) is 11.9 Å². The first-order chi connectivity index (χ1) is 15.3. The third-order valence-corrected chi connectivity index (χ3v) is 6.66. The second-order valence-corrected chi connectivity index (χ2v) is 9.15. The predicted molar refractivity (Wildman–Crippen MR) is 135 cm³/mol. The summed E-state index contributed by atoms with van der Waals surface area (Å²) in [7, 11) is 0. The molecule has 0 N–H and O–H groups in total. The first-order valence-corrected chi connectivity index (χ1v) is 12.6. The van der Waals surface area contributed by atoms with Crippen LogP contribution < -0.4 is 0 Å². The van der Waals surface area contributed by atoms with Crippen LogP contribution >= 0.6 is 0 Å². The Morgan fingerprint density at radius 1 is 0.839 bits per heavy atom. The van der Waals surface area contributed by atoms with Crippen molar-refractivity contribution >= 4 is 11.9 Å². The molecule has 1 fully saturated rings. The van der Waals surface area contributed by atoms with E-state index in [9.17, 15) is 0 Å². The van der Waals surface area contributed by atoms with E-state index in [1.165, 1.54) is 81.0 Å². The van der Waals surface area contributed by atoms with Gasteiger partial charge in [-0.15, -0.1) is 0 Å². The number of hydrogen-bond acceptors (Lipinski definition) is 2. The molecule has 0 unspecified atom stereocenters. The monoisotopic (exact) mass is 416 g/mol. The maximum absolute atomic E-state index is 4.77. The fourth-order valence-corrected chi connectivity index (χ4v) is 4.79. The number of aryl methyl sites for hydroxylation is 1. The van der Waals surface area contributed by atoms with Crippen LogP contribution in [0, 0.1) is 11.8 Å². The second kappa shape index (κ2) is 13.2. The van der Waals surface area contributed by atoms with Gasteiger partial charge >= 0.3 is 0 Å². The zero-order valence-corrected chi connectivity index (χ0v) is 19.6. The van der Waals surface area contributed by atoms with Gasteiger partial charge in [-0.3, -0.25) is 0 Å². The van der Waals surface area contributed by atoms with Crippen LogP contribution in [0.3, 0.4) is 0 Å². The molecule has 1 saturated carbocycles. The Bertz CT molecular complexity index is 796. The number of unbranched alkanes of at least 4 members (excludes halogenated alkanes) is 3. The van der Waals surface area contributed by atoms with Crippen molar-refractivity contribution in [2.75, 3.05) is 0 Å². The summed E-state index contributed by atoms with van der Waals surface area (Å²) in [4.78, 5) is 0. The van der Waals surface area contributed by atoms with E-state index in [1.54, 1.807) is 0 Å². The maximum Gasteiger partial charge on any atom is 0.0733 e. The Morgan fingerprint density at radius 2 is 1.58 bits per heavy atom. The van der Waals surface area contributed by atoms with Crippen LogP contribution in [-0.4, -0.2) is 11.9 Å². The number of rotatable bonds is 11. The zero-order chi connectivity index (χ0) is 21.7. The topological polar surface area (TPSA) is 24.7 Å². The lowest BCUT2D eigenvalue weighted by Gasteiger charge is -2.29. The van der Waals surface area contributed by atoms with Crippen molar-refractivity contribution in [2.24, 2.45) is 22.0 Å². The SMILES string of the molecule is CCCCCCC1CCC(C(=NN=Cc2ccc(CCC)cc2)c2ccccc2)CC1. The van der Waals surface area contributed by atoms with E-state index in [2.05, 4.69) is 73.5 Å². The molecule has 0 aliphatic heterocycles. The summed E-state index contributed by atoms with van der Waals surface area (Å²) in [5, 5.41) is 9.29. The number of nitrogens with zero attached hydrogens (tertiary/aromatic N) is 2. The summed E-state index contributed by atoms with van der Waals surface area (Å²) in [6.07, 6.45) is 16.3. The third kappa shape index (κ3) is 7.76. The Morgan fingerprint density at radius 3 is 2.26 bits per heavy atom. The van der Waals surface area contributed by atoms with Crippen molar-refractivity contribution in [3.05, 3.63) is 71.3 Å². The molecular weight excluding hydrogens is 376 g/mol. The van der Waals surface area contributed by atoms with E-state index in [0.29, 0.717) is 5.92 Å². The summed E-state index contributed by atoms with van der Waals surface area (Å²) in [5.74, 6) is 1.44. The molecule has 0 aromatic heterocycles. The summed E-state index contributed by atoms with van der Waals surface area (Å²) < 4.78 is 0. The summed E-state index contributed by atoms with van der Waals surface area (Å²) in [6.45, 7) is 4.51. The minimum absolute atomic E-state index is 0.526. The Balaban J connectivity index is 1.64. The molecule has 0 saturated heterocycles. The van der Waals surface area contributed by atoms with Gasteiger partial charge in [0, 0.05) is 5.92 Å². The van der Waals surface area contributed by atoms with Gasteiger partial charge < -0.3 is 0 Å². The minimum Gasteiger partial charge on any atom is -0.158 e. The Hall–Kier alpha value is -2.22. The fourth-order valence-electron chi connectivity index (χ4n) is 4.79. The molecule has 166 valence electrons. The smallest absolute Gasteiger partial charge is 0.0733 e. The lowest BCUT2D eigenvalue weighted by molar-refractivity contribution is 0.298. The molecule has 3 rings (SSSR count). The van der Waals surface area contributed by atoms with Crippen molar-refractivity contribution < 1.29 is 0 Å². The predicted octanol–water partition coefficient (Wildman–Crippen LogP) is 8.24.